The van der Waals surface area contributed by atoms with Gasteiger partial charge in [-0.3, -0.25) is 0 Å². The highest BCUT2D eigenvalue weighted by Gasteiger charge is 2.22. The Bertz CT molecular complexity index is 488. The van der Waals surface area contributed by atoms with Crippen molar-refractivity contribution in [1.29, 1.82) is 0 Å². The standard InChI is InChI=1S/C18H21N/c1-3-8-15(9-4-1)14-18(19-17-12-7-13-17)16-10-5-2-6-11-16/h1-6,8-11,17-19H,7,12-14H2. The molecule has 0 heterocycles. The Balaban J connectivity index is 1.75. The van der Waals surface area contributed by atoms with Crippen LogP contribution in [0.5, 0.6) is 0 Å². The lowest BCUT2D eigenvalue weighted by Crippen LogP contribution is -2.38. The van der Waals surface area contributed by atoms with E-state index in [-0.39, 0.29) is 0 Å². The fraction of sp³-hybridized carbons (Fsp3) is 0.333. The third-order valence-electron chi connectivity index (χ3n) is 4.03. The van der Waals surface area contributed by atoms with Crippen molar-refractivity contribution in [3.63, 3.8) is 0 Å². The summed E-state index contributed by atoms with van der Waals surface area (Å²) in [5.41, 5.74) is 2.81. The predicted molar refractivity (Wildman–Crippen MR) is 80.1 cm³/mol. The van der Waals surface area contributed by atoms with Crippen LogP contribution in [0.2, 0.25) is 0 Å². The largest absolute Gasteiger partial charge is 0.307 e. The molecule has 1 heteroatoms. The van der Waals surface area contributed by atoms with Crippen LogP contribution in [0.25, 0.3) is 0 Å². The van der Waals surface area contributed by atoms with E-state index in [1.165, 1.54) is 30.4 Å². The minimum Gasteiger partial charge on any atom is -0.307 e. The van der Waals surface area contributed by atoms with Gasteiger partial charge in [0.05, 0.1) is 0 Å². The lowest BCUT2D eigenvalue weighted by molar-refractivity contribution is 0.304. The molecule has 1 unspecified atom stereocenters. The van der Waals surface area contributed by atoms with E-state index in [9.17, 15) is 0 Å². The van der Waals surface area contributed by atoms with Crippen molar-refractivity contribution >= 4 is 0 Å². The van der Waals surface area contributed by atoms with Crippen molar-refractivity contribution in [3.8, 4) is 0 Å². The highest BCUT2D eigenvalue weighted by Crippen LogP contribution is 2.25. The minimum atomic E-state index is 0.439. The minimum absolute atomic E-state index is 0.439. The van der Waals surface area contributed by atoms with E-state index in [4.69, 9.17) is 0 Å². The van der Waals surface area contributed by atoms with Crippen molar-refractivity contribution in [3.05, 3.63) is 71.8 Å². The van der Waals surface area contributed by atoms with Gasteiger partial charge in [0.1, 0.15) is 0 Å². The summed E-state index contributed by atoms with van der Waals surface area (Å²) in [6.07, 6.45) is 5.11. The van der Waals surface area contributed by atoms with Crippen LogP contribution in [0.1, 0.15) is 36.4 Å². The first-order valence-electron chi connectivity index (χ1n) is 7.27. The van der Waals surface area contributed by atoms with E-state index in [1.54, 1.807) is 0 Å². The second-order valence-electron chi connectivity index (χ2n) is 5.45. The van der Waals surface area contributed by atoms with Gasteiger partial charge in [-0.2, -0.15) is 0 Å². The van der Waals surface area contributed by atoms with E-state index >= 15 is 0 Å². The van der Waals surface area contributed by atoms with E-state index < -0.39 is 0 Å². The molecule has 1 aliphatic rings. The third-order valence-corrected chi connectivity index (χ3v) is 4.03. The molecule has 1 fully saturated rings. The van der Waals surface area contributed by atoms with E-state index in [2.05, 4.69) is 66.0 Å². The predicted octanol–water partition coefficient (Wildman–Crippen LogP) is 4.11. The van der Waals surface area contributed by atoms with Gasteiger partial charge in [-0.05, 0) is 30.4 Å². The summed E-state index contributed by atoms with van der Waals surface area (Å²) in [6.45, 7) is 0. The van der Waals surface area contributed by atoms with Crippen LogP contribution in [0.4, 0.5) is 0 Å². The topological polar surface area (TPSA) is 12.0 Å². The van der Waals surface area contributed by atoms with Gasteiger partial charge in [0, 0.05) is 12.1 Å². The fourth-order valence-electron chi connectivity index (χ4n) is 2.67. The Morgan fingerprint density at radius 1 is 0.895 bits per heavy atom. The molecule has 1 atom stereocenters. The quantitative estimate of drug-likeness (QED) is 0.843. The van der Waals surface area contributed by atoms with Gasteiger partial charge in [-0.1, -0.05) is 67.1 Å². The number of nitrogens with one attached hydrogen (secondary N) is 1. The number of rotatable bonds is 5. The molecule has 19 heavy (non-hydrogen) atoms. The number of hydrogen-bond donors (Lipinski definition) is 1. The van der Waals surface area contributed by atoms with Crippen LogP contribution in [-0.2, 0) is 6.42 Å². The molecule has 1 N–H and O–H groups in total. The lowest BCUT2D eigenvalue weighted by Gasteiger charge is -2.32. The summed E-state index contributed by atoms with van der Waals surface area (Å²) >= 11 is 0. The first-order valence-corrected chi connectivity index (χ1v) is 7.27. The maximum atomic E-state index is 3.82. The molecule has 98 valence electrons. The average molecular weight is 251 g/mol. The van der Waals surface area contributed by atoms with Crippen LogP contribution < -0.4 is 5.32 Å². The Hall–Kier alpha value is -1.60. The smallest absolute Gasteiger partial charge is 0.0363 e. The van der Waals surface area contributed by atoms with E-state index in [0.717, 1.165) is 6.42 Å². The van der Waals surface area contributed by atoms with Crippen molar-refractivity contribution in [2.24, 2.45) is 0 Å². The molecule has 0 saturated heterocycles. The van der Waals surface area contributed by atoms with Crippen LogP contribution in [-0.4, -0.2) is 6.04 Å². The summed E-state index contributed by atoms with van der Waals surface area (Å²) in [6, 6.07) is 22.8. The van der Waals surface area contributed by atoms with Gasteiger partial charge in [0.25, 0.3) is 0 Å². The van der Waals surface area contributed by atoms with Crippen molar-refractivity contribution < 1.29 is 0 Å². The Morgan fingerprint density at radius 2 is 1.53 bits per heavy atom. The highest BCUT2D eigenvalue weighted by molar-refractivity contribution is 5.24. The zero-order valence-corrected chi connectivity index (χ0v) is 11.3. The molecular formula is C18H21N. The third kappa shape index (κ3) is 3.24. The van der Waals surface area contributed by atoms with Gasteiger partial charge in [0.15, 0.2) is 0 Å². The Morgan fingerprint density at radius 3 is 2.11 bits per heavy atom. The van der Waals surface area contributed by atoms with Gasteiger partial charge in [-0.25, -0.2) is 0 Å². The molecule has 0 amide bonds. The van der Waals surface area contributed by atoms with Crippen molar-refractivity contribution in [1.82, 2.24) is 5.32 Å². The molecule has 2 aromatic carbocycles. The summed E-state index contributed by atoms with van der Waals surface area (Å²) < 4.78 is 0. The van der Waals surface area contributed by atoms with Crippen LogP contribution in [0, 0.1) is 0 Å². The monoisotopic (exact) mass is 251 g/mol. The molecular weight excluding hydrogens is 230 g/mol. The van der Waals surface area contributed by atoms with Crippen LogP contribution in [0.3, 0.4) is 0 Å². The zero-order valence-electron chi connectivity index (χ0n) is 11.3. The highest BCUT2D eigenvalue weighted by atomic mass is 15.0. The summed E-state index contributed by atoms with van der Waals surface area (Å²) in [5.74, 6) is 0. The van der Waals surface area contributed by atoms with Crippen LogP contribution >= 0.6 is 0 Å². The maximum absolute atomic E-state index is 3.82. The lowest BCUT2D eigenvalue weighted by atomic mass is 9.90. The van der Waals surface area contributed by atoms with Crippen molar-refractivity contribution in [2.75, 3.05) is 0 Å². The Kier molecular flexibility index (Phi) is 3.95. The molecule has 1 nitrogen and oxygen atoms in total. The molecule has 0 radical (unpaired) electrons. The van der Waals surface area contributed by atoms with E-state index in [1.807, 2.05) is 0 Å². The Labute approximate surface area is 115 Å². The SMILES string of the molecule is c1ccc(CC(NC2CCC2)c2ccccc2)cc1. The fourth-order valence-corrected chi connectivity index (χ4v) is 2.67. The molecule has 0 aliphatic heterocycles. The molecule has 1 saturated carbocycles. The van der Waals surface area contributed by atoms with Gasteiger partial charge in [-0.15, -0.1) is 0 Å². The zero-order chi connectivity index (χ0) is 12.9. The average Bonchev–Trinajstić information content (AvgIpc) is 2.43. The van der Waals surface area contributed by atoms with Gasteiger partial charge >= 0.3 is 0 Å². The second kappa shape index (κ2) is 6.03. The first kappa shape index (κ1) is 12.4. The number of benzene rings is 2. The molecule has 0 spiro atoms. The van der Waals surface area contributed by atoms with Crippen molar-refractivity contribution in [2.45, 2.75) is 37.8 Å². The van der Waals surface area contributed by atoms with Gasteiger partial charge in [0.2, 0.25) is 0 Å². The molecule has 3 rings (SSSR count). The first-order chi connectivity index (χ1) is 9.42. The maximum Gasteiger partial charge on any atom is 0.0363 e. The second-order valence-corrected chi connectivity index (χ2v) is 5.45. The summed E-state index contributed by atoms with van der Waals surface area (Å²) in [7, 11) is 0. The summed E-state index contributed by atoms with van der Waals surface area (Å²) in [5, 5.41) is 3.82. The van der Waals surface area contributed by atoms with Gasteiger partial charge < -0.3 is 5.32 Å². The molecule has 0 bridgehead atoms. The molecule has 1 aliphatic carbocycles. The number of hydrogen-bond acceptors (Lipinski definition) is 1. The van der Waals surface area contributed by atoms with E-state index in [0.29, 0.717) is 12.1 Å². The summed E-state index contributed by atoms with van der Waals surface area (Å²) in [4.78, 5) is 0. The molecule has 0 aromatic heterocycles. The van der Waals surface area contributed by atoms with Crippen LogP contribution in [0.15, 0.2) is 60.7 Å². The molecule has 2 aromatic rings. The normalized spacial score (nSPS) is 16.8.